The van der Waals surface area contributed by atoms with Crippen LogP contribution in [-0.2, 0) is 11.2 Å². The summed E-state index contributed by atoms with van der Waals surface area (Å²) < 4.78 is 0. The van der Waals surface area contributed by atoms with Crippen molar-refractivity contribution in [3.63, 3.8) is 0 Å². The third-order valence-electron chi connectivity index (χ3n) is 6.39. The third kappa shape index (κ3) is 3.55. The van der Waals surface area contributed by atoms with Crippen LogP contribution in [0.25, 0.3) is 0 Å². The largest absolute Gasteiger partial charge is 0.374 e. The molecule has 2 aliphatic heterocycles. The van der Waals surface area contributed by atoms with Gasteiger partial charge in [-0.25, -0.2) is 0 Å². The average Bonchev–Trinajstić information content (AvgIpc) is 3.37. The van der Waals surface area contributed by atoms with Crippen LogP contribution in [-0.4, -0.2) is 44.0 Å². The number of carbonyl (C=O) groups is 1. The quantitative estimate of drug-likeness (QED) is 0.894. The molecule has 1 saturated carbocycles. The zero-order valence-corrected chi connectivity index (χ0v) is 15.5. The summed E-state index contributed by atoms with van der Waals surface area (Å²) in [6, 6.07) is 7.28. The minimum absolute atomic E-state index is 0.257. The lowest BCUT2D eigenvalue weighted by Crippen LogP contribution is -2.38. The summed E-state index contributed by atoms with van der Waals surface area (Å²) in [5, 5.41) is 3.29. The predicted molar refractivity (Wildman–Crippen MR) is 102 cm³/mol. The highest BCUT2D eigenvalue weighted by Crippen LogP contribution is 2.32. The second-order valence-corrected chi connectivity index (χ2v) is 8.05. The molecule has 1 N–H and O–H groups in total. The Morgan fingerprint density at radius 1 is 1.16 bits per heavy atom. The molecule has 1 amide bonds. The van der Waals surface area contributed by atoms with Crippen molar-refractivity contribution in [2.24, 2.45) is 5.92 Å². The lowest BCUT2D eigenvalue weighted by atomic mass is 10.0. The van der Waals surface area contributed by atoms with Crippen LogP contribution >= 0.6 is 0 Å². The molecule has 1 atom stereocenters. The first-order chi connectivity index (χ1) is 12.2. The zero-order valence-electron chi connectivity index (χ0n) is 15.5. The Morgan fingerprint density at radius 3 is 2.68 bits per heavy atom. The van der Waals surface area contributed by atoms with E-state index in [9.17, 15) is 4.79 Å². The number of anilines is 1. The Kier molecular flexibility index (Phi) is 4.98. The van der Waals surface area contributed by atoms with Crippen molar-refractivity contribution in [1.82, 2.24) is 10.2 Å². The molecule has 0 unspecified atom stereocenters. The van der Waals surface area contributed by atoms with E-state index in [1.54, 1.807) is 0 Å². The van der Waals surface area contributed by atoms with Gasteiger partial charge in [-0.15, -0.1) is 0 Å². The Hall–Kier alpha value is -1.55. The van der Waals surface area contributed by atoms with Crippen LogP contribution in [0.4, 0.5) is 5.69 Å². The molecule has 1 aliphatic carbocycles. The molecule has 2 heterocycles. The van der Waals surface area contributed by atoms with Crippen molar-refractivity contribution in [3.05, 3.63) is 29.3 Å². The number of carbonyl (C=O) groups excluding carboxylic acids is 1. The van der Waals surface area contributed by atoms with E-state index in [4.69, 9.17) is 0 Å². The van der Waals surface area contributed by atoms with Crippen molar-refractivity contribution in [1.29, 1.82) is 0 Å². The van der Waals surface area contributed by atoms with Gasteiger partial charge in [0.25, 0.3) is 0 Å². The van der Waals surface area contributed by atoms with Gasteiger partial charge in [0.15, 0.2) is 0 Å². The van der Waals surface area contributed by atoms with Crippen LogP contribution < -0.4 is 10.2 Å². The number of nitrogens with zero attached hydrogens (tertiary/aromatic N) is 2. The Morgan fingerprint density at radius 2 is 1.92 bits per heavy atom. The van der Waals surface area contributed by atoms with Gasteiger partial charge in [0.05, 0.1) is 6.04 Å². The lowest BCUT2D eigenvalue weighted by molar-refractivity contribution is -0.125. The highest BCUT2D eigenvalue weighted by molar-refractivity contribution is 5.78. The van der Waals surface area contributed by atoms with Crippen molar-refractivity contribution in [2.45, 2.75) is 51.0 Å². The Bertz CT molecular complexity index is 618. The van der Waals surface area contributed by atoms with Gasteiger partial charge < -0.3 is 10.2 Å². The summed E-state index contributed by atoms with van der Waals surface area (Å²) in [6.45, 7) is 4.18. The van der Waals surface area contributed by atoms with Crippen LogP contribution in [0.1, 0.15) is 55.7 Å². The van der Waals surface area contributed by atoms with Crippen LogP contribution in [0.3, 0.4) is 0 Å². The van der Waals surface area contributed by atoms with E-state index in [0.29, 0.717) is 6.04 Å². The first kappa shape index (κ1) is 16.9. The van der Waals surface area contributed by atoms with Gasteiger partial charge >= 0.3 is 0 Å². The summed E-state index contributed by atoms with van der Waals surface area (Å²) in [7, 11) is 2.17. The highest BCUT2D eigenvalue weighted by atomic mass is 16.1. The molecule has 0 radical (unpaired) electrons. The summed E-state index contributed by atoms with van der Waals surface area (Å²) in [6.07, 6.45) is 8.27. The molecule has 4 nitrogen and oxygen atoms in total. The van der Waals surface area contributed by atoms with Crippen LogP contribution in [0.2, 0.25) is 0 Å². The Balaban J connectivity index is 1.49. The first-order valence-corrected chi connectivity index (χ1v) is 10.1. The molecule has 1 saturated heterocycles. The fourth-order valence-corrected chi connectivity index (χ4v) is 4.83. The van der Waals surface area contributed by atoms with E-state index < -0.39 is 0 Å². The van der Waals surface area contributed by atoms with Gasteiger partial charge in [0, 0.05) is 31.7 Å². The van der Waals surface area contributed by atoms with Gasteiger partial charge in [0.1, 0.15) is 0 Å². The van der Waals surface area contributed by atoms with Gasteiger partial charge in [-0.1, -0.05) is 25.0 Å². The van der Waals surface area contributed by atoms with E-state index in [1.165, 1.54) is 42.5 Å². The van der Waals surface area contributed by atoms with E-state index >= 15 is 0 Å². The molecule has 1 aromatic carbocycles. The highest BCUT2D eigenvalue weighted by Gasteiger charge is 2.28. The molecule has 136 valence electrons. The van der Waals surface area contributed by atoms with E-state index in [-0.39, 0.29) is 11.8 Å². The second kappa shape index (κ2) is 7.36. The molecular weight excluding hydrogens is 310 g/mol. The first-order valence-electron chi connectivity index (χ1n) is 10.1. The molecule has 1 aromatic rings. The normalized spacial score (nSPS) is 22.4. The Labute approximate surface area is 151 Å². The third-order valence-corrected chi connectivity index (χ3v) is 6.39. The maximum Gasteiger partial charge on any atom is 0.223 e. The fraction of sp³-hybridized carbons (Fsp3) is 0.667. The van der Waals surface area contributed by atoms with Crippen molar-refractivity contribution < 1.29 is 4.79 Å². The van der Waals surface area contributed by atoms with Crippen molar-refractivity contribution in [2.75, 3.05) is 38.1 Å². The summed E-state index contributed by atoms with van der Waals surface area (Å²) >= 11 is 0. The molecule has 3 aliphatic rings. The van der Waals surface area contributed by atoms with Gasteiger partial charge in [0.2, 0.25) is 5.91 Å². The molecule has 4 rings (SSSR count). The zero-order chi connectivity index (χ0) is 17.2. The molecule has 25 heavy (non-hydrogen) atoms. The molecule has 0 bridgehead atoms. The number of hydrogen-bond donors (Lipinski definition) is 1. The number of benzene rings is 1. The summed E-state index contributed by atoms with van der Waals surface area (Å²) in [5.74, 6) is 0.537. The second-order valence-electron chi connectivity index (χ2n) is 8.05. The molecular formula is C21H31N3O. The average molecular weight is 341 g/mol. The SMILES string of the molecule is CN1CCc2cc([C@H](CNC(=O)C3CCCC3)N3CCCC3)ccc21. The maximum absolute atomic E-state index is 12.5. The van der Waals surface area contributed by atoms with Gasteiger partial charge in [-0.3, -0.25) is 9.69 Å². The number of likely N-dealkylation sites (tertiary alicyclic amines) is 1. The van der Waals surface area contributed by atoms with Crippen molar-refractivity contribution in [3.8, 4) is 0 Å². The molecule has 2 fully saturated rings. The monoisotopic (exact) mass is 341 g/mol. The number of fused-ring (bicyclic) bond motifs is 1. The number of rotatable bonds is 5. The number of amides is 1. The maximum atomic E-state index is 12.5. The number of likely N-dealkylation sites (N-methyl/N-ethyl adjacent to an activating group) is 1. The molecule has 4 heteroatoms. The fourth-order valence-electron chi connectivity index (χ4n) is 4.83. The van der Waals surface area contributed by atoms with E-state index in [2.05, 4.69) is 40.4 Å². The van der Waals surface area contributed by atoms with Gasteiger partial charge in [-0.2, -0.15) is 0 Å². The van der Waals surface area contributed by atoms with Crippen LogP contribution in [0.5, 0.6) is 0 Å². The minimum atomic E-state index is 0.257. The van der Waals surface area contributed by atoms with E-state index in [1.807, 2.05) is 0 Å². The standard InChI is InChI=1S/C21H31N3O/c1-23-13-10-18-14-17(8-9-19(18)23)20(24-11-4-5-12-24)15-22-21(25)16-6-2-3-7-16/h8-9,14,16,20H,2-7,10-13,15H2,1H3,(H,22,25)/t20-/m0/s1. The smallest absolute Gasteiger partial charge is 0.223 e. The summed E-state index contributed by atoms with van der Waals surface area (Å²) in [5.41, 5.74) is 4.22. The van der Waals surface area contributed by atoms with Crippen LogP contribution in [0.15, 0.2) is 18.2 Å². The number of hydrogen-bond acceptors (Lipinski definition) is 3. The predicted octanol–water partition coefficient (Wildman–Crippen LogP) is 3.12. The lowest BCUT2D eigenvalue weighted by Gasteiger charge is -2.29. The molecule has 0 spiro atoms. The topological polar surface area (TPSA) is 35.6 Å². The number of nitrogens with one attached hydrogen (secondary N) is 1. The van der Waals surface area contributed by atoms with Gasteiger partial charge in [-0.05, 0) is 62.4 Å². The molecule has 0 aromatic heterocycles. The van der Waals surface area contributed by atoms with Crippen molar-refractivity contribution >= 4 is 11.6 Å². The van der Waals surface area contributed by atoms with E-state index in [0.717, 1.165) is 45.4 Å². The summed E-state index contributed by atoms with van der Waals surface area (Å²) in [4.78, 5) is 17.4. The van der Waals surface area contributed by atoms with Crippen LogP contribution in [0, 0.1) is 5.92 Å². The minimum Gasteiger partial charge on any atom is -0.374 e.